The number of aromatic nitrogens is 2. The van der Waals surface area contributed by atoms with Gasteiger partial charge in [-0.2, -0.15) is 10.4 Å². The third-order valence-electron chi connectivity index (χ3n) is 2.62. The van der Waals surface area contributed by atoms with Gasteiger partial charge in [-0.25, -0.2) is 0 Å². The SMILES string of the molecule is Cc1nnc(NC(C)(C)CC(=O)O)c(C#N)c1C. The molecule has 0 spiro atoms. The van der Waals surface area contributed by atoms with Crippen LogP contribution in [0.5, 0.6) is 0 Å². The average Bonchev–Trinajstić information content (AvgIpc) is 2.21. The van der Waals surface area contributed by atoms with E-state index < -0.39 is 11.5 Å². The molecule has 2 N–H and O–H groups in total. The number of aryl methyl sites for hydroxylation is 1. The van der Waals surface area contributed by atoms with Gasteiger partial charge in [-0.1, -0.05) is 0 Å². The fourth-order valence-corrected chi connectivity index (χ4v) is 1.58. The van der Waals surface area contributed by atoms with Crippen molar-refractivity contribution in [1.29, 1.82) is 5.26 Å². The molecular formula is C12H16N4O2. The van der Waals surface area contributed by atoms with E-state index in [0.717, 1.165) is 5.56 Å². The Morgan fingerprint density at radius 2 is 2.06 bits per heavy atom. The second kappa shape index (κ2) is 5.00. The Labute approximate surface area is 106 Å². The molecular weight excluding hydrogens is 232 g/mol. The Morgan fingerprint density at radius 3 is 2.56 bits per heavy atom. The summed E-state index contributed by atoms with van der Waals surface area (Å²) >= 11 is 0. The number of carboxylic acids is 1. The minimum atomic E-state index is -0.914. The summed E-state index contributed by atoms with van der Waals surface area (Å²) in [5.41, 5.74) is 1.14. The van der Waals surface area contributed by atoms with E-state index in [1.807, 2.05) is 0 Å². The van der Waals surface area contributed by atoms with E-state index in [2.05, 4.69) is 21.6 Å². The van der Waals surface area contributed by atoms with Gasteiger partial charge in [0.15, 0.2) is 5.82 Å². The molecule has 0 saturated heterocycles. The van der Waals surface area contributed by atoms with E-state index >= 15 is 0 Å². The van der Waals surface area contributed by atoms with Gasteiger partial charge in [0.2, 0.25) is 0 Å². The molecule has 1 aromatic heterocycles. The fraction of sp³-hybridized carbons (Fsp3) is 0.500. The van der Waals surface area contributed by atoms with Crippen LogP contribution < -0.4 is 5.32 Å². The lowest BCUT2D eigenvalue weighted by atomic mass is 10.00. The van der Waals surface area contributed by atoms with Gasteiger partial charge < -0.3 is 10.4 Å². The molecule has 0 aromatic carbocycles. The van der Waals surface area contributed by atoms with Crippen molar-refractivity contribution in [3.8, 4) is 6.07 Å². The van der Waals surface area contributed by atoms with Crippen molar-refractivity contribution in [3.05, 3.63) is 16.8 Å². The fourth-order valence-electron chi connectivity index (χ4n) is 1.58. The van der Waals surface area contributed by atoms with Crippen LogP contribution in [-0.4, -0.2) is 26.8 Å². The summed E-state index contributed by atoms with van der Waals surface area (Å²) in [6, 6.07) is 2.07. The molecule has 1 heterocycles. The van der Waals surface area contributed by atoms with Crippen molar-refractivity contribution < 1.29 is 9.90 Å². The normalized spacial score (nSPS) is 10.8. The van der Waals surface area contributed by atoms with Gasteiger partial charge in [0.25, 0.3) is 0 Å². The number of nitrogens with zero attached hydrogens (tertiary/aromatic N) is 3. The highest BCUT2D eigenvalue weighted by Crippen LogP contribution is 2.22. The summed E-state index contributed by atoms with van der Waals surface area (Å²) in [5, 5.41) is 28.8. The number of nitriles is 1. The number of rotatable bonds is 4. The summed E-state index contributed by atoms with van der Waals surface area (Å²) in [6.45, 7) is 7.03. The zero-order valence-electron chi connectivity index (χ0n) is 10.9. The molecule has 0 unspecified atom stereocenters. The topological polar surface area (TPSA) is 98.9 Å². The van der Waals surface area contributed by atoms with E-state index in [0.29, 0.717) is 17.1 Å². The van der Waals surface area contributed by atoms with Gasteiger partial charge in [0.1, 0.15) is 11.6 Å². The molecule has 0 bridgehead atoms. The molecule has 0 fully saturated rings. The highest BCUT2D eigenvalue weighted by molar-refractivity contribution is 5.69. The van der Waals surface area contributed by atoms with Crippen LogP contribution in [0.4, 0.5) is 5.82 Å². The van der Waals surface area contributed by atoms with Crippen LogP contribution in [0.1, 0.15) is 37.1 Å². The minimum absolute atomic E-state index is 0.0769. The first-order valence-corrected chi connectivity index (χ1v) is 5.51. The molecule has 0 amide bonds. The van der Waals surface area contributed by atoms with Crippen molar-refractivity contribution in [3.63, 3.8) is 0 Å². The molecule has 1 aromatic rings. The lowest BCUT2D eigenvalue weighted by molar-refractivity contribution is -0.137. The molecule has 0 saturated carbocycles. The van der Waals surface area contributed by atoms with Crippen molar-refractivity contribution in [2.45, 2.75) is 39.7 Å². The first-order valence-electron chi connectivity index (χ1n) is 5.51. The van der Waals surface area contributed by atoms with Crippen molar-refractivity contribution >= 4 is 11.8 Å². The number of nitrogens with one attached hydrogen (secondary N) is 1. The van der Waals surface area contributed by atoms with Crippen LogP contribution in [0.25, 0.3) is 0 Å². The lowest BCUT2D eigenvalue weighted by Crippen LogP contribution is -2.34. The molecule has 1 rings (SSSR count). The molecule has 0 aliphatic rings. The number of hydrogen-bond donors (Lipinski definition) is 2. The largest absolute Gasteiger partial charge is 0.481 e. The van der Waals surface area contributed by atoms with Crippen molar-refractivity contribution in [2.24, 2.45) is 0 Å². The van der Waals surface area contributed by atoms with Crippen molar-refractivity contribution in [2.75, 3.05) is 5.32 Å². The summed E-state index contributed by atoms with van der Waals surface area (Å²) < 4.78 is 0. The van der Waals surface area contributed by atoms with Crippen LogP contribution in [0.15, 0.2) is 0 Å². The van der Waals surface area contributed by atoms with Gasteiger partial charge in [-0.05, 0) is 33.3 Å². The van der Waals surface area contributed by atoms with Gasteiger partial charge in [-0.15, -0.1) is 5.10 Å². The molecule has 0 aliphatic carbocycles. The maximum atomic E-state index is 10.7. The van der Waals surface area contributed by atoms with Crippen LogP contribution >= 0.6 is 0 Å². The quantitative estimate of drug-likeness (QED) is 0.840. The Balaban J connectivity index is 3.09. The predicted octanol–water partition coefficient (Wildman–Crippen LogP) is 1.63. The standard InChI is InChI=1S/C12H16N4O2/c1-7-8(2)15-16-11(9(7)6-13)14-12(3,4)5-10(17)18/h5H2,1-4H3,(H,14,16)(H,17,18). The second-order valence-corrected chi connectivity index (χ2v) is 4.83. The molecule has 6 heteroatoms. The number of carboxylic acid groups (broad SMARTS) is 1. The third-order valence-corrected chi connectivity index (χ3v) is 2.62. The molecule has 0 aliphatic heterocycles. The maximum absolute atomic E-state index is 10.7. The maximum Gasteiger partial charge on any atom is 0.305 e. The van der Waals surface area contributed by atoms with E-state index in [1.165, 1.54) is 0 Å². The first-order chi connectivity index (χ1) is 8.26. The molecule has 0 radical (unpaired) electrons. The summed E-state index contributed by atoms with van der Waals surface area (Å²) in [7, 11) is 0. The predicted molar refractivity (Wildman–Crippen MR) is 66.2 cm³/mol. The van der Waals surface area contributed by atoms with Gasteiger partial charge in [0, 0.05) is 5.54 Å². The van der Waals surface area contributed by atoms with Crippen LogP contribution in [0.3, 0.4) is 0 Å². The first kappa shape index (κ1) is 13.9. The van der Waals surface area contributed by atoms with Gasteiger partial charge in [0.05, 0.1) is 12.1 Å². The summed E-state index contributed by atoms with van der Waals surface area (Å²) in [5.74, 6) is -0.588. The Morgan fingerprint density at radius 1 is 1.44 bits per heavy atom. The second-order valence-electron chi connectivity index (χ2n) is 4.83. The Bertz CT molecular complexity index is 518. The smallest absolute Gasteiger partial charge is 0.305 e. The van der Waals surface area contributed by atoms with E-state index in [9.17, 15) is 4.79 Å². The lowest BCUT2D eigenvalue weighted by Gasteiger charge is -2.25. The number of anilines is 1. The highest BCUT2D eigenvalue weighted by Gasteiger charge is 2.24. The number of hydrogen-bond acceptors (Lipinski definition) is 5. The van der Waals surface area contributed by atoms with E-state index in [1.54, 1.807) is 27.7 Å². The zero-order valence-corrected chi connectivity index (χ0v) is 10.9. The molecule has 96 valence electrons. The number of aliphatic carboxylic acids is 1. The number of carbonyl (C=O) groups is 1. The Hall–Kier alpha value is -2.16. The molecule has 6 nitrogen and oxygen atoms in total. The zero-order chi connectivity index (χ0) is 13.9. The van der Waals surface area contributed by atoms with Crippen LogP contribution in [0, 0.1) is 25.2 Å². The van der Waals surface area contributed by atoms with E-state index in [-0.39, 0.29) is 6.42 Å². The Kier molecular flexibility index (Phi) is 3.86. The molecule has 0 atom stereocenters. The monoisotopic (exact) mass is 248 g/mol. The summed E-state index contributed by atoms with van der Waals surface area (Å²) in [4.78, 5) is 10.7. The average molecular weight is 248 g/mol. The minimum Gasteiger partial charge on any atom is -0.481 e. The highest BCUT2D eigenvalue weighted by atomic mass is 16.4. The van der Waals surface area contributed by atoms with Gasteiger partial charge in [-0.3, -0.25) is 4.79 Å². The summed E-state index contributed by atoms with van der Waals surface area (Å²) in [6.07, 6.45) is -0.0769. The van der Waals surface area contributed by atoms with Crippen LogP contribution in [0.2, 0.25) is 0 Å². The third kappa shape index (κ3) is 3.17. The van der Waals surface area contributed by atoms with E-state index in [4.69, 9.17) is 10.4 Å². The van der Waals surface area contributed by atoms with Gasteiger partial charge >= 0.3 is 5.97 Å². The van der Waals surface area contributed by atoms with Crippen LogP contribution in [-0.2, 0) is 4.79 Å². The molecule has 18 heavy (non-hydrogen) atoms. The van der Waals surface area contributed by atoms with Crippen molar-refractivity contribution in [1.82, 2.24) is 10.2 Å².